The van der Waals surface area contributed by atoms with Gasteiger partial charge in [0.1, 0.15) is 17.4 Å². The number of rotatable bonds is 7. The zero-order chi connectivity index (χ0) is 24.1. The predicted molar refractivity (Wildman–Crippen MR) is 136 cm³/mol. The summed E-state index contributed by atoms with van der Waals surface area (Å²) in [6.45, 7) is 7.64. The van der Waals surface area contributed by atoms with E-state index in [1.807, 2.05) is 42.5 Å². The van der Waals surface area contributed by atoms with E-state index in [9.17, 15) is 5.26 Å². The molecule has 2 heterocycles. The van der Waals surface area contributed by atoms with Crippen molar-refractivity contribution in [3.63, 3.8) is 0 Å². The Morgan fingerprint density at radius 1 is 1.15 bits per heavy atom. The number of nitrogens with one attached hydrogen (secondary N) is 2. The van der Waals surface area contributed by atoms with Crippen LogP contribution >= 0.6 is 0 Å². The summed E-state index contributed by atoms with van der Waals surface area (Å²) in [4.78, 5) is 13.5. The van der Waals surface area contributed by atoms with Crippen molar-refractivity contribution in [1.82, 2.24) is 14.9 Å². The van der Waals surface area contributed by atoms with Gasteiger partial charge in [0, 0.05) is 48.8 Å². The molecule has 3 aromatic rings. The number of anilines is 5. The molecule has 0 bridgehead atoms. The quantitative estimate of drug-likeness (QED) is 0.491. The lowest BCUT2D eigenvalue weighted by Gasteiger charge is -2.34. The second-order valence-corrected chi connectivity index (χ2v) is 8.07. The van der Waals surface area contributed by atoms with Gasteiger partial charge in [0.2, 0.25) is 5.95 Å². The summed E-state index contributed by atoms with van der Waals surface area (Å²) in [6, 6.07) is 15.5. The molecule has 0 amide bonds. The first-order chi connectivity index (χ1) is 16.5. The molecule has 1 aromatic heterocycles. The molecule has 34 heavy (non-hydrogen) atoms. The first-order valence-electron chi connectivity index (χ1n) is 10.9. The molecule has 174 valence electrons. The molecule has 0 radical (unpaired) electrons. The lowest BCUT2D eigenvalue weighted by atomic mass is 10.1. The van der Waals surface area contributed by atoms with E-state index < -0.39 is 0 Å². The fourth-order valence-corrected chi connectivity index (χ4v) is 3.81. The molecule has 2 aromatic carbocycles. The normalized spacial score (nSPS) is 13.7. The number of ether oxygens (including phenoxy) is 1. The molecular weight excluding hydrogens is 428 g/mol. The Labute approximate surface area is 199 Å². The molecule has 9 heteroatoms. The lowest BCUT2D eigenvalue weighted by Crippen LogP contribution is -2.44. The third kappa shape index (κ3) is 5.03. The predicted octanol–water partition coefficient (Wildman–Crippen LogP) is 3.53. The van der Waals surface area contributed by atoms with Gasteiger partial charge < -0.3 is 30.9 Å². The summed E-state index contributed by atoms with van der Waals surface area (Å²) in [5, 5.41) is 16.0. The molecule has 0 saturated carbocycles. The van der Waals surface area contributed by atoms with Gasteiger partial charge in [0.05, 0.1) is 19.0 Å². The number of benzene rings is 2. The number of nitriles is 1. The number of hydrogen-bond acceptors (Lipinski definition) is 9. The van der Waals surface area contributed by atoms with E-state index in [1.165, 1.54) is 6.20 Å². The van der Waals surface area contributed by atoms with Crippen LogP contribution in [-0.4, -0.2) is 55.2 Å². The third-order valence-corrected chi connectivity index (χ3v) is 5.71. The molecule has 0 aliphatic carbocycles. The van der Waals surface area contributed by atoms with Crippen LogP contribution in [-0.2, 0) is 0 Å². The number of nitrogens with zero attached hydrogens (tertiary/aromatic N) is 5. The Hall–Kier alpha value is -4.29. The zero-order valence-electron chi connectivity index (χ0n) is 19.4. The van der Waals surface area contributed by atoms with Crippen LogP contribution in [0, 0.1) is 11.3 Å². The van der Waals surface area contributed by atoms with Crippen LogP contribution in [0.4, 0.5) is 28.8 Å². The van der Waals surface area contributed by atoms with Gasteiger partial charge >= 0.3 is 0 Å². The molecule has 4 N–H and O–H groups in total. The van der Waals surface area contributed by atoms with Gasteiger partial charge in [-0.1, -0.05) is 24.8 Å². The molecule has 4 rings (SSSR count). The topological polar surface area (TPSA) is 115 Å². The van der Waals surface area contributed by atoms with Gasteiger partial charge in [-0.15, -0.1) is 0 Å². The summed E-state index contributed by atoms with van der Waals surface area (Å²) < 4.78 is 5.60. The molecule has 0 atom stereocenters. The Morgan fingerprint density at radius 3 is 2.62 bits per heavy atom. The highest BCUT2D eigenvalue weighted by Gasteiger charge is 2.18. The summed E-state index contributed by atoms with van der Waals surface area (Å²) >= 11 is 0. The third-order valence-electron chi connectivity index (χ3n) is 5.71. The van der Waals surface area contributed by atoms with Crippen molar-refractivity contribution >= 4 is 34.5 Å². The molecule has 1 aliphatic rings. The second-order valence-electron chi connectivity index (χ2n) is 8.07. The molecule has 0 spiro atoms. The Kier molecular flexibility index (Phi) is 6.80. The van der Waals surface area contributed by atoms with Crippen molar-refractivity contribution in [2.75, 3.05) is 55.9 Å². The number of aromatic nitrogens is 2. The number of likely N-dealkylation sites (N-methyl/N-ethyl adjacent to an activating group) is 1. The highest BCUT2D eigenvalue weighted by molar-refractivity contribution is 5.77. The number of methoxy groups -OCH3 is 1. The van der Waals surface area contributed by atoms with Crippen LogP contribution in [0.25, 0.3) is 5.70 Å². The summed E-state index contributed by atoms with van der Waals surface area (Å²) in [5.41, 5.74) is 9.94. The second kappa shape index (κ2) is 10.1. The average molecular weight is 457 g/mol. The van der Waals surface area contributed by atoms with E-state index in [4.69, 9.17) is 10.5 Å². The minimum atomic E-state index is 0.316. The van der Waals surface area contributed by atoms with E-state index >= 15 is 0 Å². The van der Waals surface area contributed by atoms with Crippen molar-refractivity contribution in [2.45, 2.75) is 0 Å². The maximum Gasteiger partial charge on any atom is 0.229 e. The van der Waals surface area contributed by atoms with Crippen molar-refractivity contribution < 1.29 is 4.74 Å². The van der Waals surface area contributed by atoms with Crippen LogP contribution in [0.15, 0.2) is 55.2 Å². The fourth-order valence-electron chi connectivity index (χ4n) is 3.81. The smallest absolute Gasteiger partial charge is 0.229 e. The zero-order valence-corrected chi connectivity index (χ0v) is 19.4. The van der Waals surface area contributed by atoms with E-state index in [0.717, 1.165) is 48.9 Å². The molecular formula is C25H28N8O. The average Bonchev–Trinajstić information content (AvgIpc) is 2.85. The van der Waals surface area contributed by atoms with Crippen molar-refractivity contribution in [3.05, 3.63) is 66.4 Å². The van der Waals surface area contributed by atoms with Gasteiger partial charge in [-0.05, 0) is 31.3 Å². The van der Waals surface area contributed by atoms with E-state index in [0.29, 0.717) is 28.7 Å². The van der Waals surface area contributed by atoms with Gasteiger partial charge in [0.15, 0.2) is 5.82 Å². The van der Waals surface area contributed by atoms with Crippen molar-refractivity contribution in [1.29, 1.82) is 5.26 Å². The van der Waals surface area contributed by atoms with Crippen LogP contribution in [0.3, 0.4) is 0 Å². The van der Waals surface area contributed by atoms with Gasteiger partial charge in [-0.2, -0.15) is 10.2 Å². The maximum atomic E-state index is 9.56. The summed E-state index contributed by atoms with van der Waals surface area (Å²) in [5.74, 6) is 1.55. The monoisotopic (exact) mass is 456 g/mol. The van der Waals surface area contributed by atoms with Crippen LogP contribution < -0.4 is 26.0 Å². The van der Waals surface area contributed by atoms with Gasteiger partial charge in [0.25, 0.3) is 0 Å². The number of hydrogen-bond donors (Lipinski definition) is 3. The van der Waals surface area contributed by atoms with Crippen LogP contribution in [0.2, 0.25) is 0 Å². The Morgan fingerprint density at radius 2 is 1.91 bits per heavy atom. The van der Waals surface area contributed by atoms with E-state index in [1.54, 1.807) is 7.11 Å². The molecule has 0 unspecified atom stereocenters. The van der Waals surface area contributed by atoms with Crippen molar-refractivity contribution in [2.24, 2.45) is 5.73 Å². The highest BCUT2D eigenvalue weighted by atomic mass is 16.5. The maximum absolute atomic E-state index is 9.56. The largest absolute Gasteiger partial charge is 0.495 e. The number of para-hydroxylation sites is 1. The lowest BCUT2D eigenvalue weighted by molar-refractivity contribution is 0.311. The molecule has 1 aliphatic heterocycles. The molecule has 9 nitrogen and oxygen atoms in total. The van der Waals surface area contributed by atoms with Crippen molar-refractivity contribution in [3.8, 4) is 11.8 Å². The first kappa shape index (κ1) is 22.9. The number of piperazine rings is 1. The number of nitrogens with two attached hydrogens (primary N) is 1. The van der Waals surface area contributed by atoms with E-state index in [-0.39, 0.29) is 0 Å². The summed E-state index contributed by atoms with van der Waals surface area (Å²) in [6.07, 6.45) is 1.49. The fraction of sp³-hybridized carbons (Fsp3) is 0.240. The highest BCUT2D eigenvalue weighted by Crippen LogP contribution is 2.33. The van der Waals surface area contributed by atoms with Crippen LogP contribution in [0.5, 0.6) is 5.75 Å². The Balaban J connectivity index is 1.61. The minimum Gasteiger partial charge on any atom is -0.495 e. The minimum absolute atomic E-state index is 0.316. The van der Waals surface area contributed by atoms with Gasteiger partial charge in [-0.3, -0.25) is 0 Å². The molecule has 1 saturated heterocycles. The standard InChI is InChI=1S/C25H28N8O/c1-17(27)20-6-4-5-7-21(20)30-24-18(15-26)16-28-25(31-24)29-19-8-9-23(34-3)22(14-19)33-12-10-32(2)11-13-33/h4-9,14,16H,1,10-13,27H2,2-3H3,(H2,28,29,30,31). The van der Waals surface area contributed by atoms with Gasteiger partial charge in [-0.25, -0.2) is 4.98 Å². The van der Waals surface area contributed by atoms with Crippen LogP contribution in [0.1, 0.15) is 11.1 Å². The molecule has 1 fully saturated rings. The summed E-state index contributed by atoms with van der Waals surface area (Å²) in [7, 11) is 3.81. The first-order valence-corrected chi connectivity index (χ1v) is 10.9. The Bertz CT molecular complexity index is 1230. The van der Waals surface area contributed by atoms with E-state index in [2.05, 4.69) is 50.1 Å². The SMILES string of the molecule is C=C(N)c1ccccc1Nc1nc(Nc2ccc(OC)c(N3CCN(C)CC3)c2)ncc1C#N.